The van der Waals surface area contributed by atoms with Crippen LogP contribution in [-0.2, 0) is 0 Å². The number of hydrogen-bond donors (Lipinski definition) is 2. The molecular formula is C21H17ClN4O2S2. The molecule has 0 bridgehead atoms. The van der Waals surface area contributed by atoms with Crippen LogP contribution in [-0.4, -0.2) is 23.0 Å². The lowest BCUT2D eigenvalue weighted by atomic mass is 10.2. The van der Waals surface area contributed by atoms with E-state index < -0.39 is 0 Å². The summed E-state index contributed by atoms with van der Waals surface area (Å²) < 4.78 is 5.37. The van der Waals surface area contributed by atoms with Crippen LogP contribution < -0.4 is 15.4 Å². The Bertz CT molecular complexity index is 1190. The Morgan fingerprint density at radius 2 is 1.90 bits per heavy atom. The van der Waals surface area contributed by atoms with E-state index in [0.717, 1.165) is 22.0 Å². The van der Waals surface area contributed by atoms with Gasteiger partial charge >= 0.3 is 0 Å². The predicted octanol–water partition coefficient (Wildman–Crippen LogP) is 6.23. The molecule has 4 aromatic rings. The molecule has 1 amide bonds. The lowest BCUT2D eigenvalue weighted by molar-refractivity contribution is 0.102. The lowest BCUT2D eigenvalue weighted by Gasteiger charge is -2.09. The average Bonchev–Trinajstić information content (AvgIpc) is 3.36. The summed E-state index contributed by atoms with van der Waals surface area (Å²) in [6.45, 7) is 1.90. The fourth-order valence-corrected chi connectivity index (χ4v) is 4.64. The maximum absolute atomic E-state index is 12.4. The molecule has 0 aliphatic rings. The number of halogens is 1. The van der Waals surface area contributed by atoms with Crippen LogP contribution in [0, 0.1) is 6.92 Å². The number of methoxy groups -OCH3 is 1. The zero-order valence-electron chi connectivity index (χ0n) is 16.1. The molecule has 9 heteroatoms. The van der Waals surface area contributed by atoms with Gasteiger partial charge in [-0.15, -0.1) is 11.3 Å². The molecule has 0 unspecified atom stereocenters. The Hall–Kier alpha value is -2.94. The SMILES string of the molecule is COc1cc(Cl)ccc1Nc1nc(-c2sc(NC(=O)c3ccccc3)nc2C)cs1. The van der Waals surface area contributed by atoms with Gasteiger partial charge in [0.25, 0.3) is 5.91 Å². The van der Waals surface area contributed by atoms with E-state index in [4.69, 9.17) is 16.3 Å². The van der Waals surface area contributed by atoms with Crippen molar-refractivity contribution in [3.8, 4) is 16.3 Å². The van der Waals surface area contributed by atoms with Gasteiger partial charge < -0.3 is 10.1 Å². The first-order chi connectivity index (χ1) is 14.5. The van der Waals surface area contributed by atoms with Crippen molar-refractivity contribution in [2.75, 3.05) is 17.7 Å². The van der Waals surface area contributed by atoms with E-state index >= 15 is 0 Å². The van der Waals surface area contributed by atoms with E-state index in [9.17, 15) is 4.79 Å². The third-order valence-corrected chi connectivity index (χ3v) is 6.28. The van der Waals surface area contributed by atoms with Gasteiger partial charge in [0.1, 0.15) is 5.75 Å². The van der Waals surface area contributed by atoms with E-state index in [1.807, 2.05) is 36.6 Å². The van der Waals surface area contributed by atoms with Crippen molar-refractivity contribution in [1.82, 2.24) is 9.97 Å². The second kappa shape index (κ2) is 8.83. The molecule has 0 radical (unpaired) electrons. The van der Waals surface area contributed by atoms with E-state index in [1.54, 1.807) is 31.4 Å². The van der Waals surface area contributed by atoms with Crippen LogP contribution in [0.4, 0.5) is 16.0 Å². The quantitative estimate of drug-likeness (QED) is 0.359. The second-order valence-corrected chi connectivity index (χ2v) is 8.55. The highest BCUT2D eigenvalue weighted by atomic mass is 35.5. The molecule has 0 aliphatic heterocycles. The van der Waals surface area contributed by atoms with Crippen LogP contribution in [0.1, 0.15) is 16.1 Å². The minimum absolute atomic E-state index is 0.189. The number of anilines is 3. The van der Waals surface area contributed by atoms with Crippen molar-refractivity contribution in [3.63, 3.8) is 0 Å². The van der Waals surface area contributed by atoms with Gasteiger partial charge in [0.2, 0.25) is 0 Å². The van der Waals surface area contributed by atoms with Crippen LogP contribution >= 0.6 is 34.3 Å². The summed E-state index contributed by atoms with van der Waals surface area (Å²) in [5, 5.41) is 9.92. The molecule has 152 valence electrons. The number of ether oxygens (including phenoxy) is 1. The topological polar surface area (TPSA) is 76.1 Å². The highest BCUT2D eigenvalue weighted by molar-refractivity contribution is 7.20. The van der Waals surface area contributed by atoms with Crippen LogP contribution in [0.2, 0.25) is 5.02 Å². The summed E-state index contributed by atoms with van der Waals surface area (Å²) in [5.41, 5.74) is 2.97. The van der Waals surface area contributed by atoms with Gasteiger partial charge in [-0.1, -0.05) is 41.1 Å². The Labute approximate surface area is 186 Å². The first kappa shape index (κ1) is 20.3. The number of thiazole rings is 2. The summed E-state index contributed by atoms with van der Waals surface area (Å²) in [4.78, 5) is 22.4. The highest BCUT2D eigenvalue weighted by Gasteiger charge is 2.16. The Balaban J connectivity index is 1.52. The molecule has 0 spiro atoms. The van der Waals surface area contributed by atoms with Gasteiger partial charge in [-0.3, -0.25) is 10.1 Å². The fraction of sp³-hybridized carbons (Fsp3) is 0.0952. The van der Waals surface area contributed by atoms with Crippen LogP contribution in [0.25, 0.3) is 10.6 Å². The number of aryl methyl sites for hydroxylation is 1. The minimum Gasteiger partial charge on any atom is -0.495 e. The number of aromatic nitrogens is 2. The van der Waals surface area contributed by atoms with E-state index in [-0.39, 0.29) is 5.91 Å². The summed E-state index contributed by atoms with van der Waals surface area (Å²) in [5.74, 6) is 0.450. The van der Waals surface area contributed by atoms with Crippen molar-refractivity contribution >= 4 is 56.1 Å². The summed E-state index contributed by atoms with van der Waals surface area (Å²) in [7, 11) is 1.59. The van der Waals surface area contributed by atoms with E-state index in [0.29, 0.717) is 26.6 Å². The van der Waals surface area contributed by atoms with Gasteiger partial charge in [-0.2, -0.15) is 0 Å². The maximum atomic E-state index is 12.4. The Morgan fingerprint density at radius 3 is 2.67 bits per heavy atom. The van der Waals surface area contributed by atoms with Gasteiger partial charge in [-0.25, -0.2) is 9.97 Å². The number of nitrogens with zero attached hydrogens (tertiary/aromatic N) is 2. The Morgan fingerprint density at radius 1 is 1.10 bits per heavy atom. The van der Waals surface area contributed by atoms with Crippen molar-refractivity contribution in [2.45, 2.75) is 6.92 Å². The molecule has 2 N–H and O–H groups in total. The summed E-state index contributed by atoms with van der Waals surface area (Å²) >= 11 is 8.89. The van der Waals surface area contributed by atoms with E-state index in [2.05, 4.69) is 20.6 Å². The fourth-order valence-electron chi connectivity index (χ4n) is 2.77. The minimum atomic E-state index is -0.189. The maximum Gasteiger partial charge on any atom is 0.257 e. The first-order valence-corrected chi connectivity index (χ1v) is 11.0. The zero-order chi connectivity index (χ0) is 21.1. The van der Waals surface area contributed by atoms with Gasteiger partial charge in [0.15, 0.2) is 10.3 Å². The summed E-state index contributed by atoms with van der Waals surface area (Å²) in [6.07, 6.45) is 0. The van der Waals surface area contributed by atoms with Gasteiger partial charge in [-0.05, 0) is 31.2 Å². The standard InChI is InChI=1S/C21H17ClN4O2S2/c1-12-18(30-21(23-12)26-19(27)13-6-4-3-5-7-13)16-11-29-20(25-16)24-15-9-8-14(22)10-17(15)28-2/h3-11H,1-2H3,(H,24,25)(H,23,26,27). The third kappa shape index (κ3) is 4.46. The van der Waals surface area contributed by atoms with Gasteiger partial charge in [0, 0.05) is 22.0 Å². The highest BCUT2D eigenvalue weighted by Crippen LogP contribution is 2.37. The largest absolute Gasteiger partial charge is 0.495 e. The van der Waals surface area contributed by atoms with E-state index in [1.165, 1.54) is 22.7 Å². The number of nitrogens with one attached hydrogen (secondary N) is 2. The molecule has 0 aliphatic carbocycles. The first-order valence-electron chi connectivity index (χ1n) is 8.94. The molecule has 6 nitrogen and oxygen atoms in total. The number of amides is 1. The van der Waals surface area contributed by atoms with Crippen molar-refractivity contribution in [2.24, 2.45) is 0 Å². The Kier molecular flexibility index (Phi) is 5.98. The molecule has 0 saturated heterocycles. The zero-order valence-corrected chi connectivity index (χ0v) is 18.5. The summed E-state index contributed by atoms with van der Waals surface area (Å²) in [6, 6.07) is 14.4. The number of rotatable bonds is 6. The lowest BCUT2D eigenvalue weighted by Crippen LogP contribution is -2.11. The molecule has 0 saturated carbocycles. The molecule has 2 aromatic carbocycles. The molecule has 2 aromatic heterocycles. The third-order valence-electron chi connectivity index (χ3n) is 4.20. The molecule has 2 heterocycles. The van der Waals surface area contributed by atoms with Crippen molar-refractivity contribution in [1.29, 1.82) is 0 Å². The van der Waals surface area contributed by atoms with Crippen LogP contribution in [0.15, 0.2) is 53.9 Å². The van der Waals surface area contributed by atoms with Gasteiger partial charge in [0.05, 0.1) is 29.1 Å². The van der Waals surface area contributed by atoms with Crippen LogP contribution in [0.5, 0.6) is 5.75 Å². The predicted molar refractivity (Wildman–Crippen MR) is 124 cm³/mol. The smallest absolute Gasteiger partial charge is 0.257 e. The van der Waals surface area contributed by atoms with Crippen molar-refractivity contribution < 1.29 is 9.53 Å². The second-order valence-electron chi connectivity index (χ2n) is 6.26. The normalized spacial score (nSPS) is 10.6. The van der Waals surface area contributed by atoms with Crippen molar-refractivity contribution in [3.05, 3.63) is 70.2 Å². The van der Waals surface area contributed by atoms with Crippen LogP contribution in [0.3, 0.4) is 0 Å². The number of benzene rings is 2. The average molecular weight is 457 g/mol. The number of carbonyl (C=O) groups is 1. The molecular weight excluding hydrogens is 440 g/mol. The molecule has 0 fully saturated rings. The number of carbonyl (C=O) groups excluding carboxylic acids is 1. The molecule has 4 rings (SSSR count). The number of hydrogen-bond acceptors (Lipinski definition) is 7. The molecule has 30 heavy (non-hydrogen) atoms. The molecule has 0 atom stereocenters. The monoisotopic (exact) mass is 456 g/mol.